The van der Waals surface area contributed by atoms with E-state index in [2.05, 4.69) is 41.4 Å². The molecule has 27 heavy (non-hydrogen) atoms. The van der Waals surface area contributed by atoms with Crippen molar-refractivity contribution in [1.82, 2.24) is 5.32 Å². The van der Waals surface area contributed by atoms with E-state index >= 15 is 0 Å². The third-order valence-electron chi connectivity index (χ3n) is 6.04. The van der Waals surface area contributed by atoms with Crippen LogP contribution in [0.3, 0.4) is 0 Å². The summed E-state index contributed by atoms with van der Waals surface area (Å²) in [6.07, 6.45) is 5.60. The van der Waals surface area contributed by atoms with Crippen LogP contribution in [0.15, 0.2) is 36.4 Å². The van der Waals surface area contributed by atoms with Gasteiger partial charge in [-0.15, -0.1) is 0 Å². The average molecular weight is 364 g/mol. The van der Waals surface area contributed by atoms with Crippen molar-refractivity contribution in [2.75, 3.05) is 18.0 Å². The van der Waals surface area contributed by atoms with Crippen molar-refractivity contribution < 1.29 is 4.79 Å². The Morgan fingerprint density at radius 3 is 2.59 bits per heavy atom. The number of nitrogens with one attached hydrogen (secondary N) is 1. The molecule has 0 saturated carbocycles. The highest BCUT2D eigenvalue weighted by Crippen LogP contribution is 2.37. The van der Waals surface area contributed by atoms with Crippen molar-refractivity contribution in [3.8, 4) is 0 Å². The zero-order valence-corrected chi connectivity index (χ0v) is 16.1. The summed E-state index contributed by atoms with van der Waals surface area (Å²) >= 11 is 0. The summed E-state index contributed by atoms with van der Waals surface area (Å²) in [5.74, 6) is -0.337. The van der Waals surface area contributed by atoms with Crippen LogP contribution in [0.1, 0.15) is 64.8 Å². The average Bonchev–Trinajstić information content (AvgIpc) is 2.73. The van der Waals surface area contributed by atoms with E-state index in [0.29, 0.717) is 5.56 Å². The SMILES string of the molecule is CCc1cc(C(N)=O)cc(N2CCCCC2)c1C1Cc2ccccc2CN1. The predicted molar refractivity (Wildman–Crippen MR) is 110 cm³/mol. The molecule has 1 unspecified atom stereocenters. The first kappa shape index (κ1) is 18.1. The molecule has 0 bridgehead atoms. The Morgan fingerprint density at radius 2 is 1.89 bits per heavy atom. The van der Waals surface area contributed by atoms with E-state index in [1.807, 2.05) is 12.1 Å². The van der Waals surface area contributed by atoms with E-state index in [0.717, 1.165) is 32.5 Å². The first-order chi connectivity index (χ1) is 13.2. The molecular weight excluding hydrogens is 334 g/mol. The van der Waals surface area contributed by atoms with Crippen LogP contribution in [0.5, 0.6) is 0 Å². The van der Waals surface area contributed by atoms with E-state index in [4.69, 9.17) is 5.73 Å². The fraction of sp³-hybridized carbons (Fsp3) is 0.435. The van der Waals surface area contributed by atoms with E-state index in [9.17, 15) is 4.79 Å². The maximum absolute atomic E-state index is 11.9. The standard InChI is InChI=1S/C23H29N3O/c1-2-16-12-19(23(24)27)14-21(26-10-6-3-7-11-26)22(16)20-13-17-8-4-5-9-18(17)15-25-20/h4-5,8-9,12,14,20,25H,2-3,6-7,10-11,13,15H2,1H3,(H2,24,27). The van der Waals surface area contributed by atoms with Gasteiger partial charge in [0.2, 0.25) is 5.91 Å². The van der Waals surface area contributed by atoms with Crippen molar-refractivity contribution in [2.45, 2.75) is 51.6 Å². The molecule has 4 rings (SSSR count). The van der Waals surface area contributed by atoms with E-state index in [1.165, 1.54) is 47.2 Å². The van der Waals surface area contributed by atoms with Gasteiger partial charge in [0.05, 0.1) is 0 Å². The van der Waals surface area contributed by atoms with Crippen LogP contribution in [0.2, 0.25) is 0 Å². The molecule has 1 fully saturated rings. The molecule has 2 aromatic carbocycles. The molecule has 3 N–H and O–H groups in total. The molecular formula is C23H29N3O. The van der Waals surface area contributed by atoms with Gasteiger partial charge < -0.3 is 16.0 Å². The maximum atomic E-state index is 11.9. The molecule has 0 aliphatic carbocycles. The number of nitrogens with zero attached hydrogens (tertiary/aromatic N) is 1. The van der Waals surface area contributed by atoms with Gasteiger partial charge in [0.25, 0.3) is 0 Å². The van der Waals surface area contributed by atoms with Crippen LogP contribution >= 0.6 is 0 Å². The van der Waals surface area contributed by atoms with Crippen LogP contribution in [0.4, 0.5) is 5.69 Å². The lowest BCUT2D eigenvalue weighted by Crippen LogP contribution is -2.35. The summed E-state index contributed by atoms with van der Waals surface area (Å²) in [6, 6.07) is 13.0. The van der Waals surface area contributed by atoms with E-state index in [-0.39, 0.29) is 11.9 Å². The van der Waals surface area contributed by atoms with Crippen molar-refractivity contribution >= 4 is 11.6 Å². The van der Waals surface area contributed by atoms with Crippen molar-refractivity contribution in [3.63, 3.8) is 0 Å². The van der Waals surface area contributed by atoms with E-state index in [1.54, 1.807) is 0 Å². The number of nitrogens with two attached hydrogens (primary N) is 1. The summed E-state index contributed by atoms with van der Waals surface area (Å²) in [5.41, 5.74) is 12.9. The monoisotopic (exact) mass is 363 g/mol. The number of rotatable bonds is 4. The number of hydrogen-bond acceptors (Lipinski definition) is 3. The van der Waals surface area contributed by atoms with Crippen molar-refractivity contribution in [2.24, 2.45) is 5.73 Å². The van der Waals surface area contributed by atoms with Gasteiger partial charge in [-0.25, -0.2) is 0 Å². The van der Waals surface area contributed by atoms with Crippen LogP contribution < -0.4 is 16.0 Å². The van der Waals surface area contributed by atoms with Gasteiger partial charge in [0.1, 0.15) is 0 Å². The predicted octanol–water partition coefficient (Wildman–Crippen LogP) is 3.73. The molecule has 2 heterocycles. The second-order valence-corrected chi connectivity index (χ2v) is 7.74. The fourth-order valence-electron chi connectivity index (χ4n) is 4.59. The Balaban J connectivity index is 1.79. The first-order valence-corrected chi connectivity index (χ1v) is 10.2. The lowest BCUT2D eigenvalue weighted by atomic mass is 9.86. The topological polar surface area (TPSA) is 58.4 Å². The quantitative estimate of drug-likeness (QED) is 0.870. The van der Waals surface area contributed by atoms with Gasteiger partial charge >= 0.3 is 0 Å². The smallest absolute Gasteiger partial charge is 0.248 e. The van der Waals surface area contributed by atoms with Crippen LogP contribution in [-0.4, -0.2) is 19.0 Å². The largest absolute Gasteiger partial charge is 0.371 e. The molecule has 142 valence electrons. The molecule has 2 aliphatic heterocycles. The molecule has 0 radical (unpaired) electrons. The second-order valence-electron chi connectivity index (χ2n) is 7.74. The number of anilines is 1. The molecule has 0 aromatic heterocycles. The number of aryl methyl sites for hydroxylation is 1. The molecule has 1 amide bonds. The highest BCUT2D eigenvalue weighted by atomic mass is 16.1. The molecule has 1 saturated heterocycles. The number of fused-ring (bicyclic) bond motifs is 1. The Labute approximate surface area is 161 Å². The number of benzene rings is 2. The zero-order valence-electron chi connectivity index (χ0n) is 16.1. The Kier molecular flexibility index (Phi) is 5.17. The van der Waals surface area contributed by atoms with Gasteiger partial charge in [-0.1, -0.05) is 31.2 Å². The summed E-state index contributed by atoms with van der Waals surface area (Å²) in [6.45, 7) is 5.17. The van der Waals surface area contributed by atoms with Crippen molar-refractivity contribution in [1.29, 1.82) is 0 Å². The second kappa shape index (κ2) is 7.73. The Morgan fingerprint density at radius 1 is 1.15 bits per heavy atom. The lowest BCUT2D eigenvalue weighted by molar-refractivity contribution is 0.1000. The lowest BCUT2D eigenvalue weighted by Gasteiger charge is -2.36. The maximum Gasteiger partial charge on any atom is 0.248 e. The van der Waals surface area contributed by atoms with Crippen molar-refractivity contribution in [3.05, 3.63) is 64.2 Å². The number of carbonyl (C=O) groups is 1. The Bertz CT molecular complexity index is 840. The third-order valence-corrected chi connectivity index (χ3v) is 6.04. The number of primary amides is 1. The number of piperidine rings is 1. The number of carbonyl (C=O) groups excluding carboxylic acids is 1. The summed E-state index contributed by atoms with van der Waals surface area (Å²) in [4.78, 5) is 14.4. The van der Waals surface area contributed by atoms with Crippen LogP contribution in [0, 0.1) is 0 Å². The van der Waals surface area contributed by atoms with Gasteiger partial charge in [0.15, 0.2) is 0 Å². The zero-order chi connectivity index (χ0) is 18.8. The molecule has 0 spiro atoms. The highest BCUT2D eigenvalue weighted by Gasteiger charge is 2.27. The van der Waals surface area contributed by atoms with Crippen LogP contribution in [-0.2, 0) is 19.4 Å². The highest BCUT2D eigenvalue weighted by molar-refractivity contribution is 5.94. The molecule has 2 aliphatic rings. The molecule has 4 nitrogen and oxygen atoms in total. The fourth-order valence-corrected chi connectivity index (χ4v) is 4.59. The normalized spacial score (nSPS) is 19.6. The number of hydrogen-bond donors (Lipinski definition) is 2. The third kappa shape index (κ3) is 3.59. The first-order valence-electron chi connectivity index (χ1n) is 10.2. The minimum absolute atomic E-state index is 0.272. The minimum atomic E-state index is -0.337. The summed E-state index contributed by atoms with van der Waals surface area (Å²) in [5, 5.41) is 3.75. The molecule has 2 aromatic rings. The molecule has 1 atom stereocenters. The van der Waals surface area contributed by atoms with Gasteiger partial charge in [-0.3, -0.25) is 4.79 Å². The summed E-state index contributed by atoms with van der Waals surface area (Å²) < 4.78 is 0. The molecule has 4 heteroatoms. The van der Waals surface area contributed by atoms with Gasteiger partial charge in [-0.2, -0.15) is 0 Å². The summed E-state index contributed by atoms with van der Waals surface area (Å²) in [7, 11) is 0. The Hall–Kier alpha value is -2.33. The van der Waals surface area contributed by atoms with Gasteiger partial charge in [0, 0.05) is 36.9 Å². The number of amides is 1. The van der Waals surface area contributed by atoms with E-state index < -0.39 is 0 Å². The van der Waals surface area contributed by atoms with Gasteiger partial charge in [-0.05, 0) is 66.5 Å². The minimum Gasteiger partial charge on any atom is -0.371 e. The van der Waals surface area contributed by atoms with Crippen LogP contribution in [0.25, 0.3) is 0 Å².